The Balaban J connectivity index is 2.43. The molecular formula is C17H23N3O2. The Morgan fingerprint density at radius 3 is 2.68 bits per heavy atom. The van der Waals surface area contributed by atoms with Crippen LogP contribution in [-0.4, -0.2) is 28.7 Å². The Kier molecular flexibility index (Phi) is 5.33. The molecule has 0 fully saturated rings. The fourth-order valence-electron chi connectivity index (χ4n) is 2.81. The topological polar surface area (TPSA) is 70.1 Å². The fraction of sp³-hybridized carbons (Fsp3) is 0.412. The Morgan fingerprint density at radius 1 is 1.32 bits per heavy atom. The Bertz CT molecular complexity index is 648. The number of carbonyl (C=O) groups is 1. The van der Waals surface area contributed by atoms with Gasteiger partial charge in [-0.05, 0) is 39.3 Å². The van der Waals surface area contributed by atoms with Gasteiger partial charge in [-0.2, -0.15) is 0 Å². The van der Waals surface area contributed by atoms with Gasteiger partial charge in [0.2, 0.25) is 0 Å². The molecule has 0 spiro atoms. The second-order valence-corrected chi connectivity index (χ2v) is 5.20. The maximum Gasteiger partial charge on any atom is 0.251 e. The molecule has 2 heterocycles. The van der Waals surface area contributed by atoms with Crippen LogP contribution in [0.3, 0.4) is 0 Å². The van der Waals surface area contributed by atoms with Crippen LogP contribution in [0, 0.1) is 13.8 Å². The van der Waals surface area contributed by atoms with Gasteiger partial charge in [0.05, 0.1) is 11.3 Å². The third-order valence-corrected chi connectivity index (χ3v) is 3.83. The summed E-state index contributed by atoms with van der Waals surface area (Å²) in [5.74, 6) is -0.412. The smallest absolute Gasteiger partial charge is 0.251 e. The molecule has 118 valence electrons. The average Bonchev–Trinajstić information content (AvgIpc) is 2.76. The van der Waals surface area contributed by atoms with E-state index in [0.717, 1.165) is 42.2 Å². The van der Waals surface area contributed by atoms with E-state index in [2.05, 4.69) is 9.55 Å². The second-order valence-electron chi connectivity index (χ2n) is 5.20. The summed E-state index contributed by atoms with van der Waals surface area (Å²) in [7, 11) is 0. The lowest BCUT2D eigenvalue weighted by Crippen LogP contribution is -2.14. The van der Waals surface area contributed by atoms with Gasteiger partial charge in [0.1, 0.15) is 0 Å². The van der Waals surface area contributed by atoms with Gasteiger partial charge in [0.25, 0.3) is 5.91 Å². The molecular weight excluding hydrogens is 278 g/mol. The van der Waals surface area contributed by atoms with Crippen LogP contribution in [0.1, 0.15) is 35.1 Å². The molecule has 0 aliphatic heterocycles. The lowest BCUT2D eigenvalue weighted by atomic mass is 10.0. The summed E-state index contributed by atoms with van der Waals surface area (Å²) < 4.78 is 7.51. The predicted molar refractivity (Wildman–Crippen MR) is 86.8 cm³/mol. The van der Waals surface area contributed by atoms with Crippen molar-refractivity contribution in [1.29, 1.82) is 0 Å². The van der Waals surface area contributed by atoms with Crippen LogP contribution in [0.25, 0.3) is 11.3 Å². The van der Waals surface area contributed by atoms with Gasteiger partial charge in [-0.1, -0.05) is 6.07 Å². The molecule has 0 saturated carbocycles. The van der Waals surface area contributed by atoms with E-state index in [9.17, 15) is 4.79 Å². The third kappa shape index (κ3) is 3.20. The molecule has 0 aliphatic rings. The molecule has 0 atom stereocenters. The van der Waals surface area contributed by atoms with Crippen molar-refractivity contribution in [3.63, 3.8) is 0 Å². The number of nitrogens with zero attached hydrogens (tertiary/aromatic N) is 2. The molecule has 0 aliphatic carbocycles. The minimum Gasteiger partial charge on any atom is -0.382 e. The first-order chi connectivity index (χ1) is 10.6. The van der Waals surface area contributed by atoms with E-state index in [1.807, 2.05) is 39.0 Å². The maximum absolute atomic E-state index is 11.9. The first-order valence-electron chi connectivity index (χ1n) is 7.56. The number of hydrogen-bond acceptors (Lipinski definition) is 3. The number of amides is 1. The molecule has 2 aromatic rings. The minimum absolute atomic E-state index is 0.412. The molecule has 0 aromatic carbocycles. The number of ether oxygens (including phenoxy) is 1. The van der Waals surface area contributed by atoms with Gasteiger partial charge in [-0.15, -0.1) is 0 Å². The van der Waals surface area contributed by atoms with Crippen molar-refractivity contribution in [2.45, 2.75) is 33.7 Å². The van der Waals surface area contributed by atoms with Crippen LogP contribution in [0.15, 0.2) is 24.4 Å². The summed E-state index contributed by atoms with van der Waals surface area (Å²) in [6, 6.07) is 5.67. The van der Waals surface area contributed by atoms with Gasteiger partial charge < -0.3 is 15.0 Å². The number of pyridine rings is 1. The molecule has 2 N–H and O–H groups in total. The SMILES string of the molecule is CCOCCCn1c(C)c(C(N)=O)c(-c2ccccn2)c1C. The lowest BCUT2D eigenvalue weighted by molar-refractivity contribution is 0.1000. The van der Waals surface area contributed by atoms with Crippen LogP contribution in [-0.2, 0) is 11.3 Å². The van der Waals surface area contributed by atoms with Crippen LogP contribution >= 0.6 is 0 Å². The molecule has 5 heteroatoms. The van der Waals surface area contributed by atoms with E-state index in [1.165, 1.54) is 0 Å². The van der Waals surface area contributed by atoms with E-state index in [1.54, 1.807) is 6.20 Å². The van der Waals surface area contributed by atoms with E-state index >= 15 is 0 Å². The van der Waals surface area contributed by atoms with Gasteiger partial charge in [-0.3, -0.25) is 9.78 Å². The second kappa shape index (κ2) is 7.22. The van der Waals surface area contributed by atoms with Crippen molar-refractivity contribution >= 4 is 5.91 Å². The Hall–Kier alpha value is -2.14. The van der Waals surface area contributed by atoms with Crippen LogP contribution < -0.4 is 5.73 Å². The number of primary amides is 1. The van der Waals surface area contributed by atoms with Crippen LogP contribution in [0.2, 0.25) is 0 Å². The highest BCUT2D eigenvalue weighted by Gasteiger charge is 2.22. The van der Waals surface area contributed by atoms with Crippen LogP contribution in [0.5, 0.6) is 0 Å². The zero-order valence-electron chi connectivity index (χ0n) is 13.4. The number of hydrogen-bond donors (Lipinski definition) is 1. The number of nitrogens with two attached hydrogens (primary N) is 1. The summed E-state index contributed by atoms with van der Waals surface area (Å²) in [6.07, 6.45) is 2.62. The first kappa shape index (κ1) is 16.2. The van der Waals surface area contributed by atoms with Crippen molar-refractivity contribution in [2.24, 2.45) is 5.73 Å². The van der Waals surface area contributed by atoms with Gasteiger partial charge in [-0.25, -0.2) is 0 Å². The van der Waals surface area contributed by atoms with Crippen molar-refractivity contribution in [2.75, 3.05) is 13.2 Å². The van der Waals surface area contributed by atoms with Gasteiger partial charge in [0.15, 0.2) is 0 Å². The van der Waals surface area contributed by atoms with E-state index in [4.69, 9.17) is 10.5 Å². The summed E-state index contributed by atoms with van der Waals surface area (Å²) in [5, 5.41) is 0. The lowest BCUT2D eigenvalue weighted by Gasteiger charge is -2.09. The molecule has 2 aromatic heterocycles. The summed E-state index contributed by atoms with van der Waals surface area (Å²) in [4.78, 5) is 16.3. The van der Waals surface area contributed by atoms with Crippen molar-refractivity contribution in [1.82, 2.24) is 9.55 Å². The number of aromatic nitrogens is 2. The first-order valence-corrected chi connectivity index (χ1v) is 7.56. The standard InChI is InChI=1S/C17H23N3O2/c1-4-22-11-7-10-20-12(2)15(14-8-5-6-9-19-14)16(13(20)3)17(18)21/h5-6,8-9H,4,7,10-11H2,1-3H3,(H2,18,21). The van der Waals surface area contributed by atoms with E-state index < -0.39 is 5.91 Å². The highest BCUT2D eigenvalue weighted by molar-refractivity contribution is 6.01. The molecule has 2 rings (SSSR count). The predicted octanol–water partition coefficient (Wildman–Crippen LogP) is 2.69. The normalized spacial score (nSPS) is 10.9. The third-order valence-electron chi connectivity index (χ3n) is 3.83. The zero-order chi connectivity index (χ0) is 16.1. The summed E-state index contributed by atoms with van der Waals surface area (Å²) in [6.45, 7) is 8.14. The molecule has 0 saturated heterocycles. The highest BCUT2D eigenvalue weighted by atomic mass is 16.5. The highest BCUT2D eigenvalue weighted by Crippen LogP contribution is 2.31. The average molecular weight is 301 g/mol. The minimum atomic E-state index is -0.412. The molecule has 0 bridgehead atoms. The fourth-order valence-corrected chi connectivity index (χ4v) is 2.81. The van der Waals surface area contributed by atoms with Crippen molar-refractivity contribution in [3.05, 3.63) is 41.3 Å². The van der Waals surface area contributed by atoms with Crippen molar-refractivity contribution < 1.29 is 9.53 Å². The Labute approximate surface area is 131 Å². The molecule has 1 amide bonds. The molecule has 22 heavy (non-hydrogen) atoms. The van der Waals surface area contributed by atoms with Crippen molar-refractivity contribution in [3.8, 4) is 11.3 Å². The monoisotopic (exact) mass is 301 g/mol. The van der Waals surface area contributed by atoms with Crippen LogP contribution in [0.4, 0.5) is 0 Å². The maximum atomic E-state index is 11.9. The molecule has 0 radical (unpaired) electrons. The largest absolute Gasteiger partial charge is 0.382 e. The van der Waals surface area contributed by atoms with E-state index in [-0.39, 0.29) is 0 Å². The van der Waals surface area contributed by atoms with Gasteiger partial charge in [0, 0.05) is 42.9 Å². The quantitative estimate of drug-likeness (QED) is 0.799. The Morgan fingerprint density at radius 2 is 2.09 bits per heavy atom. The number of rotatable bonds is 7. The van der Waals surface area contributed by atoms with E-state index in [0.29, 0.717) is 12.2 Å². The number of carbonyl (C=O) groups excluding carboxylic acids is 1. The summed E-state index contributed by atoms with van der Waals surface area (Å²) in [5.41, 5.74) is 9.69. The molecule has 5 nitrogen and oxygen atoms in total. The molecule has 0 unspecified atom stereocenters. The van der Waals surface area contributed by atoms with Gasteiger partial charge >= 0.3 is 0 Å². The zero-order valence-corrected chi connectivity index (χ0v) is 13.4. The summed E-state index contributed by atoms with van der Waals surface area (Å²) >= 11 is 0.